The predicted octanol–water partition coefficient (Wildman–Crippen LogP) is 2.94. The topological polar surface area (TPSA) is 52.6 Å². The summed E-state index contributed by atoms with van der Waals surface area (Å²) in [5.74, 6) is 1.88. The molecule has 3 rings (SSSR count). The van der Waals surface area contributed by atoms with Crippen LogP contribution in [0.15, 0.2) is 0 Å². The van der Waals surface area contributed by atoms with Crippen molar-refractivity contribution in [1.29, 1.82) is 0 Å². The Hall–Kier alpha value is -0.610. The van der Waals surface area contributed by atoms with E-state index >= 15 is 0 Å². The first kappa shape index (κ1) is 18.2. The zero-order valence-corrected chi connectivity index (χ0v) is 15.5. The van der Waals surface area contributed by atoms with Crippen molar-refractivity contribution in [3.8, 4) is 0 Å². The maximum atomic E-state index is 12.6. The molecule has 138 valence electrons. The molecular weight excluding hydrogens is 300 g/mol. The molecule has 2 saturated carbocycles. The van der Waals surface area contributed by atoms with Crippen molar-refractivity contribution in [2.75, 3.05) is 13.1 Å². The summed E-state index contributed by atoms with van der Waals surface area (Å²) in [6.45, 7) is 6.60. The van der Waals surface area contributed by atoms with E-state index in [4.69, 9.17) is 0 Å². The minimum atomic E-state index is -0.143. The number of nitrogens with zero attached hydrogens (tertiary/aromatic N) is 1. The van der Waals surface area contributed by atoms with Gasteiger partial charge in [-0.15, -0.1) is 0 Å². The van der Waals surface area contributed by atoms with Crippen LogP contribution in [0, 0.1) is 17.8 Å². The van der Waals surface area contributed by atoms with Crippen molar-refractivity contribution in [1.82, 2.24) is 10.2 Å². The first-order valence-corrected chi connectivity index (χ1v) is 10.3. The fourth-order valence-electron chi connectivity index (χ4n) is 5.37. The minimum absolute atomic E-state index is 0.143. The molecule has 1 heterocycles. The molecule has 0 aromatic carbocycles. The molecule has 2 aliphatic carbocycles. The number of rotatable bonds is 3. The number of amides is 1. The van der Waals surface area contributed by atoms with E-state index in [-0.39, 0.29) is 12.0 Å². The van der Waals surface area contributed by atoms with Crippen LogP contribution in [0.1, 0.15) is 71.6 Å². The minimum Gasteiger partial charge on any atom is -0.391 e. The van der Waals surface area contributed by atoms with E-state index in [1.54, 1.807) is 0 Å². The number of piperidine rings is 1. The molecule has 0 spiro atoms. The van der Waals surface area contributed by atoms with Crippen LogP contribution in [-0.2, 0) is 4.79 Å². The van der Waals surface area contributed by atoms with Crippen LogP contribution in [0.3, 0.4) is 0 Å². The molecule has 0 bridgehead atoms. The smallest absolute Gasteiger partial charge is 0.223 e. The predicted molar refractivity (Wildman–Crippen MR) is 96.7 cm³/mol. The van der Waals surface area contributed by atoms with Gasteiger partial charge in [-0.25, -0.2) is 0 Å². The van der Waals surface area contributed by atoms with E-state index in [9.17, 15) is 9.90 Å². The quantitative estimate of drug-likeness (QED) is 0.833. The summed E-state index contributed by atoms with van der Waals surface area (Å²) in [5, 5.41) is 13.6. The standard InChI is InChI=1S/C20H36N2O2/c1-14-11-15(2)13-16(12-14)20(24)21-17-7-9-22(10-8-17)18-5-3-4-6-19(18)23/h14-19,23H,3-13H2,1-2H3,(H,21,24). The average Bonchev–Trinajstić information content (AvgIpc) is 2.55. The lowest BCUT2D eigenvalue weighted by atomic mass is 9.76. The zero-order chi connectivity index (χ0) is 17.1. The van der Waals surface area contributed by atoms with Gasteiger partial charge in [0.25, 0.3) is 0 Å². The van der Waals surface area contributed by atoms with E-state index in [1.807, 2.05) is 0 Å². The number of nitrogens with one attached hydrogen (secondary N) is 1. The lowest BCUT2D eigenvalue weighted by Gasteiger charge is -2.42. The highest BCUT2D eigenvalue weighted by molar-refractivity contribution is 5.79. The molecule has 1 saturated heterocycles. The summed E-state index contributed by atoms with van der Waals surface area (Å²) in [4.78, 5) is 15.1. The van der Waals surface area contributed by atoms with Gasteiger partial charge >= 0.3 is 0 Å². The van der Waals surface area contributed by atoms with Gasteiger partial charge in [-0.05, 0) is 56.8 Å². The monoisotopic (exact) mass is 336 g/mol. The van der Waals surface area contributed by atoms with E-state index in [0.717, 1.165) is 51.6 Å². The van der Waals surface area contributed by atoms with Crippen molar-refractivity contribution in [3.05, 3.63) is 0 Å². The maximum Gasteiger partial charge on any atom is 0.223 e. The fourth-order valence-corrected chi connectivity index (χ4v) is 5.37. The molecule has 0 aromatic heterocycles. The van der Waals surface area contributed by atoms with Gasteiger partial charge in [-0.2, -0.15) is 0 Å². The SMILES string of the molecule is CC1CC(C)CC(C(=O)NC2CCN(C3CCCCC3O)CC2)C1. The Labute approximate surface area is 147 Å². The molecule has 0 radical (unpaired) electrons. The Bertz CT molecular complexity index is 410. The highest BCUT2D eigenvalue weighted by Gasteiger charge is 2.33. The lowest BCUT2D eigenvalue weighted by Crippen LogP contribution is -2.52. The lowest BCUT2D eigenvalue weighted by molar-refractivity contribution is -0.128. The first-order chi connectivity index (χ1) is 11.5. The Morgan fingerprint density at radius 3 is 2.21 bits per heavy atom. The highest BCUT2D eigenvalue weighted by Crippen LogP contribution is 2.33. The van der Waals surface area contributed by atoms with E-state index < -0.39 is 0 Å². The molecule has 4 unspecified atom stereocenters. The molecule has 2 N–H and O–H groups in total. The van der Waals surface area contributed by atoms with E-state index in [2.05, 4.69) is 24.1 Å². The molecule has 3 fully saturated rings. The number of aliphatic hydroxyl groups excluding tert-OH is 1. The van der Waals surface area contributed by atoms with Crippen LogP contribution in [0.2, 0.25) is 0 Å². The van der Waals surface area contributed by atoms with Crippen LogP contribution in [0.25, 0.3) is 0 Å². The van der Waals surface area contributed by atoms with Crippen molar-refractivity contribution in [2.24, 2.45) is 17.8 Å². The zero-order valence-electron chi connectivity index (χ0n) is 15.5. The molecule has 1 amide bonds. The Morgan fingerprint density at radius 2 is 1.58 bits per heavy atom. The second-order valence-electron chi connectivity index (χ2n) is 8.85. The number of carbonyl (C=O) groups excluding carboxylic acids is 1. The summed E-state index contributed by atoms with van der Waals surface area (Å²) >= 11 is 0. The largest absolute Gasteiger partial charge is 0.391 e. The van der Waals surface area contributed by atoms with Crippen molar-refractivity contribution < 1.29 is 9.90 Å². The molecule has 4 atom stereocenters. The third-order valence-corrected chi connectivity index (χ3v) is 6.59. The summed E-state index contributed by atoms with van der Waals surface area (Å²) in [7, 11) is 0. The van der Waals surface area contributed by atoms with Gasteiger partial charge in [-0.3, -0.25) is 9.69 Å². The maximum absolute atomic E-state index is 12.6. The van der Waals surface area contributed by atoms with Crippen molar-refractivity contribution in [3.63, 3.8) is 0 Å². The number of likely N-dealkylation sites (tertiary alicyclic amines) is 1. The fraction of sp³-hybridized carbons (Fsp3) is 0.950. The summed E-state index contributed by atoms with van der Waals surface area (Å²) < 4.78 is 0. The van der Waals surface area contributed by atoms with Gasteiger partial charge in [0.2, 0.25) is 5.91 Å². The van der Waals surface area contributed by atoms with Crippen molar-refractivity contribution >= 4 is 5.91 Å². The van der Waals surface area contributed by atoms with Crippen molar-refractivity contribution in [2.45, 2.75) is 89.8 Å². The van der Waals surface area contributed by atoms with Crippen LogP contribution in [0.4, 0.5) is 0 Å². The van der Waals surface area contributed by atoms with Crippen LogP contribution in [-0.4, -0.2) is 47.2 Å². The molecule has 1 aliphatic heterocycles. The number of carbonyl (C=O) groups is 1. The normalized spacial score (nSPS) is 39.5. The second-order valence-corrected chi connectivity index (χ2v) is 8.85. The van der Waals surface area contributed by atoms with Crippen LogP contribution >= 0.6 is 0 Å². The summed E-state index contributed by atoms with van der Waals surface area (Å²) in [6.07, 6.45) is 9.82. The molecule has 0 aromatic rings. The number of aliphatic hydroxyl groups is 1. The summed E-state index contributed by atoms with van der Waals surface area (Å²) in [5.41, 5.74) is 0. The molecule has 3 aliphatic rings. The molecule has 24 heavy (non-hydrogen) atoms. The molecule has 4 heteroatoms. The Morgan fingerprint density at radius 1 is 0.958 bits per heavy atom. The average molecular weight is 337 g/mol. The Balaban J connectivity index is 1.44. The van der Waals surface area contributed by atoms with Gasteiger partial charge in [0.15, 0.2) is 0 Å². The highest BCUT2D eigenvalue weighted by atomic mass is 16.3. The van der Waals surface area contributed by atoms with E-state index in [0.29, 0.717) is 29.8 Å². The van der Waals surface area contributed by atoms with Gasteiger partial charge in [-0.1, -0.05) is 26.7 Å². The van der Waals surface area contributed by atoms with Gasteiger partial charge in [0, 0.05) is 31.1 Å². The van der Waals surface area contributed by atoms with E-state index in [1.165, 1.54) is 19.3 Å². The van der Waals surface area contributed by atoms with Gasteiger partial charge < -0.3 is 10.4 Å². The molecular formula is C20H36N2O2. The first-order valence-electron chi connectivity index (χ1n) is 10.3. The van der Waals surface area contributed by atoms with Gasteiger partial charge in [0.1, 0.15) is 0 Å². The third-order valence-electron chi connectivity index (χ3n) is 6.59. The van der Waals surface area contributed by atoms with Gasteiger partial charge in [0.05, 0.1) is 6.10 Å². The number of hydrogen-bond donors (Lipinski definition) is 2. The Kier molecular flexibility index (Phi) is 6.20. The van der Waals surface area contributed by atoms with Crippen LogP contribution < -0.4 is 5.32 Å². The third kappa shape index (κ3) is 4.51. The number of hydrogen-bond acceptors (Lipinski definition) is 3. The second kappa shape index (κ2) is 8.18. The molecule has 4 nitrogen and oxygen atoms in total. The van der Waals surface area contributed by atoms with Crippen LogP contribution in [0.5, 0.6) is 0 Å². The summed E-state index contributed by atoms with van der Waals surface area (Å²) in [6, 6.07) is 0.692.